The van der Waals surface area contributed by atoms with Crippen molar-refractivity contribution < 1.29 is 13.2 Å². The monoisotopic (exact) mass is 333 g/mol. The van der Waals surface area contributed by atoms with Crippen molar-refractivity contribution in [3.63, 3.8) is 0 Å². The minimum Gasteiger partial charge on any atom is -0.495 e. The Kier molecular flexibility index (Phi) is 5.32. The highest BCUT2D eigenvalue weighted by Crippen LogP contribution is 2.28. The van der Waals surface area contributed by atoms with Crippen molar-refractivity contribution in [2.24, 2.45) is 5.73 Å². The molecule has 8 heteroatoms. The summed E-state index contributed by atoms with van der Waals surface area (Å²) in [6, 6.07) is 4.62. The topological polar surface area (TPSA) is 84.7 Å². The van der Waals surface area contributed by atoms with Crippen LogP contribution in [0.5, 0.6) is 5.75 Å². The minimum absolute atomic E-state index is 0.148. The first-order chi connectivity index (χ1) is 9.97. The zero-order chi connectivity index (χ0) is 15.5. The van der Waals surface area contributed by atoms with Crippen LogP contribution in [0.4, 0.5) is 5.69 Å². The number of piperidine rings is 1. The third-order valence-electron chi connectivity index (χ3n) is 3.55. The van der Waals surface area contributed by atoms with Crippen molar-refractivity contribution in [3.05, 3.63) is 23.2 Å². The second-order valence-electron chi connectivity index (χ2n) is 4.95. The first kappa shape index (κ1) is 16.4. The molecule has 2 rings (SSSR count). The van der Waals surface area contributed by atoms with Crippen molar-refractivity contribution in [2.45, 2.75) is 25.3 Å². The van der Waals surface area contributed by atoms with Crippen LogP contribution < -0.4 is 15.2 Å². The van der Waals surface area contributed by atoms with Gasteiger partial charge in [0.05, 0.1) is 17.8 Å². The molecule has 0 spiro atoms. The van der Waals surface area contributed by atoms with Gasteiger partial charge in [-0.25, -0.2) is 0 Å². The van der Waals surface area contributed by atoms with Crippen molar-refractivity contribution >= 4 is 27.5 Å². The molecule has 21 heavy (non-hydrogen) atoms. The number of hydrogen-bond acceptors (Lipinski definition) is 4. The Morgan fingerprint density at radius 1 is 1.48 bits per heavy atom. The number of nitrogens with zero attached hydrogens (tertiary/aromatic N) is 1. The number of rotatable bonds is 5. The van der Waals surface area contributed by atoms with Crippen LogP contribution in [0.1, 0.15) is 19.3 Å². The highest BCUT2D eigenvalue weighted by atomic mass is 35.5. The zero-order valence-electron chi connectivity index (χ0n) is 11.9. The second kappa shape index (κ2) is 6.83. The lowest BCUT2D eigenvalue weighted by molar-refractivity contribution is 0.259. The van der Waals surface area contributed by atoms with Gasteiger partial charge in [0.15, 0.2) is 0 Å². The van der Waals surface area contributed by atoms with Crippen LogP contribution >= 0.6 is 11.6 Å². The Morgan fingerprint density at radius 3 is 2.86 bits per heavy atom. The van der Waals surface area contributed by atoms with Crippen molar-refractivity contribution in [2.75, 3.05) is 24.9 Å². The Bertz CT molecular complexity index is 594. The van der Waals surface area contributed by atoms with Crippen LogP contribution in [0.15, 0.2) is 18.2 Å². The van der Waals surface area contributed by atoms with E-state index in [1.807, 2.05) is 0 Å². The van der Waals surface area contributed by atoms with Gasteiger partial charge in [-0.15, -0.1) is 0 Å². The summed E-state index contributed by atoms with van der Waals surface area (Å²) in [6.45, 7) is 0.811. The highest BCUT2D eigenvalue weighted by molar-refractivity contribution is 7.90. The van der Waals surface area contributed by atoms with Gasteiger partial charge in [-0.1, -0.05) is 18.0 Å². The van der Waals surface area contributed by atoms with Crippen LogP contribution in [-0.2, 0) is 10.2 Å². The molecule has 1 aliphatic heterocycles. The fourth-order valence-corrected chi connectivity index (χ4v) is 4.22. The van der Waals surface area contributed by atoms with Crippen LogP contribution in [0, 0.1) is 0 Å². The second-order valence-corrected chi connectivity index (χ2v) is 6.98. The van der Waals surface area contributed by atoms with Gasteiger partial charge >= 0.3 is 10.2 Å². The zero-order valence-corrected chi connectivity index (χ0v) is 13.5. The molecule has 0 bridgehead atoms. The number of methoxy groups -OCH3 is 1. The van der Waals surface area contributed by atoms with Crippen molar-refractivity contribution in [1.82, 2.24) is 4.31 Å². The molecule has 1 atom stereocenters. The summed E-state index contributed by atoms with van der Waals surface area (Å²) in [5.41, 5.74) is 6.08. The summed E-state index contributed by atoms with van der Waals surface area (Å²) < 4.78 is 34.0. The molecule has 1 saturated heterocycles. The highest BCUT2D eigenvalue weighted by Gasteiger charge is 2.31. The molecular formula is C13H20ClN3O3S. The number of anilines is 1. The Balaban J connectivity index is 2.18. The van der Waals surface area contributed by atoms with E-state index in [9.17, 15) is 8.42 Å². The first-order valence-corrected chi connectivity index (χ1v) is 8.63. The van der Waals surface area contributed by atoms with E-state index in [-0.39, 0.29) is 6.04 Å². The summed E-state index contributed by atoms with van der Waals surface area (Å²) in [6.07, 6.45) is 2.64. The molecule has 0 aliphatic carbocycles. The summed E-state index contributed by atoms with van der Waals surface area (Å²) >= 11 is 6.01. The third kappa shape index (κ3) is 3.79. The maximum absolute atomic E-state index is 12.5. The molecule has 1 heterocycles. The van der Waals surface area contributed by atoms with Gasteiger partial charge in [0, 0.05) is 19.1 Å². The quantitative estimate of drug-likeness (QED) is 0.860. The van der Waals surface area contributed by atoms with Crippen molar-refractivity contribution in [1.29, 1.82) is 0 Å². The van der Waals surface area contributed by atoms with E-state index in [0.29, 0.717) is 29.5 Å². The van der Waals surface area contributed by atoms with E-state index >= 15 is 0 Å². The van der Waals surface area contributed by atoms with E-state index in [1.165, 1.54) is 17.5 Å². The number of nitrogens with one attached hydrogen (secondary N) is 1. The summed E-state index contributed by atoms with van der Waals surface area (Å²) in [7, 11) is -2.13. The lowest BCUT2D eigenvalue weighted by Crippen LogP contribution is -2.49. The number of ether oxygens (including phenoxy) is 1. The summed E-state index contributed by atoms with van der Waals surface area (Å²) in [5.74, 6) is 0.498. The molecule has 0 aromatic heterocycles. The number of halogens is 1. The molecule has 1 aromatic rings. The van der Waals surface area contributed by atoms with Crippen LogP contribution in [0.3, 0.4) is 0 Å². The molecule has 6 nitrogen and oxygen atoms in total. The number of hydrogen-bond donors (Lipinski definition) is 2. The smallest absolute Gasteiger partial charge is 0.301 e. The number of nitrogens with two attached hydrogens (primary N) is 1. The van der Waals surface area contributed by atoms with E-state index in [4.69, 9.17) is 22.1 Å². The van der Waals surface area contributed by atoms with Gasteiger partial charge in [0.1, 0.15) is 5.75 Å². The van der Waals surface area contributed by atoms with E-state index in [1.54, 1.807) is 12.1 Å². The maximum Gasteiger partial charge on any atom is 0.301 e. The Hall–Kier alpha value is -1.02. The molecular weight excluding hydrogens is 314 g/mol. The number of benzene rings is 1. The predicted octanol–water partition coefficient (Wildman–Crippen LogP) is 1.82. The Morgan fingerprint density at radius 2 is 2.24 bits per heavy atom. The van der Waals surface area contributed by atoms with Gasteiger partial charge in [-0.3, -0.25) is 4.72 Å². The molecule has 118 valence electrons. The molecule has 1 aromatic carbocycles. The molecule has 1 fully saturated rings. The average molecular weight is 334 g/mol. The SMILES string of the molecule is COc1ccc(NS(=O)(=O)N2CCCCC2CN)cc1Cl. The molecule has 3 N–H and O–H groups in total. The summed E-state index contributed by atoms with van der Waals surface area (Å²) in [4.78, 5) is 0. The van der Waals surface area contributed by atoms with Crippen molar-refractivity contribution in [3.8, 4) is 5.75 Å². The fourth-order valence-electron chi connectivity index (χ4n) is 2.46. The van der Waals surface area contributed by atoms with Gasteiger partial charge < -0.3 is 10.5 Å². The maximum atomic E-state index is 12.5. The van der Waals surface area contributed by atoms with E-state index in [2.05, 4.69) is 4.72 Å². The molecule has 0 saturated carbocycles. The van der Waals surface area contributed by atoms with E-state index < -0.39 is 10.2 Å². The first-order valence-electron chi connectivity index (χ1n) is 6.81. The van der Waals surface area contributed by atoms with Gasteiger partial charge in [-0.05, 0) is 31.0 Å². The lowest BCUT2D eigenvalue weighted by Gasteiger charge is -2.33. The van der Waals surface area contributed by atoms with Gasteiger partial charge in [-0.2, -0.15) is 12.7 Å². The van der Waals surface area contributed by atoms with Crippen LogP contribution in [-0.4, -0.2) is 39.0 Å². The standard InChI is InChI=1S/C13H20ClN3O3S/c1-20-13-6-5-10(8-12(13)14)16-21(18,19)17-7-3-2-4-11(17)9-15/h5-6,8,11,16H,2-4,7,9,15H2,1H3. The Labute approximate surface area is 130 Å². The van der Waals surface area contributed by atoms with Gasteiger partial charge in [0.2, 0.25) is 0 Å². The molecule has 1 aliphatic rings. The fraction of sp³-hybridized carbons (Fsp3) is 0.538. The van der Waals surface area contributed by atoms with Crippen LogP contribution in [0.2, 0.25) is 5.02 Å². The lowest BCUT2D eigenvalue weighted by atomic mass is 10.1. The van der Waals surface area contributed by atoms with E-state index in [0.717, 1.165) is 19.3 Å². The minimum atomic E-state index is -3.63. The average Bonchev–Trinajstić information content (AvgIpc) is 2.47. The molecule has 0 amide bonds. The summed E-state index contributed by atoms with van der Waals surface area (Å²) in [5, 5.41) is 0.353. The van der Waals surface area contributed by atoms with Crippen LogP contribution in [0.25, 0.3) is 0 Å². The largest absolute Gasteiger partial charge is 0.495 e. The van der Waals surface area contributed by atoms with Gasteiger partial charge in [0.25, 0.3) is 0 Å². The predicted molar refractivity (Wildman–Crippen MR) is 83.9 cm³/mol. The normalized spacial score (nSPS) is 20.2. The third-order valence-corrected chi connectivity index (χ3v) is 5.44. The molecule has 0 radical (unpaired) electrons. The molecule has 1 unspecified atom stereocenters.